The van der Waals surface area contributed by atoms with Crippen molar-refractivity contribution in [3.05, 3.63) is 10.6 Å². The van der Waals surface area contributed by atoms with E-state index >= 15 is 0 Å². The molecule has 1 aliphatic heterocycles. The van der Waals surface area contributed by atoms with Crippen LogP contribution in [-0.4, -0.2) is 46.1 Å². The average molecular weight is 277 g/mol. The van der Waals surface area contributed by atoms with Gasteiger partial charge >= 0.3 is 6.01 Å². The fraction of sp³-hybridized carbons (Fsp3) is 0.700. The normalized spacial score (nSPS) is 17.1. The molecule has 0 radical (unpaired) electrons. The van der Waals surface area contributed by atoms with E-state index in [0.29, 0.717) is 6.61 Å². The molecule has 0 atom stereocenters. The van der Waals surface area contributed by atoms with Crippen LogP contribution in [0.1, 0.15) is 19.3 Å². The predicted molar refractivity (Wildman–Crippen MR) is 65.6 cm³/mol. The first-order valence-electron chi connectivity index (χ1n) is 5.66. The van der Waals surface area contributed by atoms with Gasteiger partial charge in [0.05, 0.1) is 0 Å². The van der Waals surface area contributed by atoms with E-state index in [1.54, 1.807) is 0 Å². The van der Waals surface area contributed by atoms with Gasteiger partial charge in [0.2, 0.25) is 10.6 Å². The van der Waals surface area contributed by atoms with Crippen LogP contribution in [0.3, 0.4) is 0 Å². The summed E-state index contributed by atoms with van der Waals surface area (Å²) in [7, 11) is 0. The molecule has 0 saturated carbocycles. The lowest BCUT2D eigenvalue weighted by atomic mass is 10.1. The zero-order chi connectivity index (χ0) is 12.1. The zero-order valence-electron chi connectivity index (χ0n) is 9.40. The molecule has 1 aromatic rings. The van der Waals surface area contributed by atoms with Crippen LogP contribution in [-0.2, 0) is 0 Å². The first kappa shape index (κ1) is 12.8. The Labute approximate surface area is 110 Å². The van der Waals surface area contributed by atoms with E-state index in [1.165, 1.54) is 19.3 Å². The van der Waals surface area contributed by atoms with Crippen LogP contribution in [0.5, 0.6) is 6.01 Å². The molecule has 2 rings (SSSR count). The molecular weight excluding hydrogens is 263 g/mol. The zero-order valence-corrected chi connectivity index (χ0v) is 10.9. The van der Waals surface area contributed by atoms with Crippen LogP contribution in [0.25, 0.3) is 0 Å². The summed E-state index contributed by atoms with van der Waals surface area (Å²) in [5.41, 5.74) is 0. The number of hydrogen-bond acceptors (Lipinski definition) is 5. The van der Waals surface area contributed by atoms with Crippen molar-refractivity contribution in [2.75, 3.05) is 26.2 Å². The highest BCUT2D eigenvalue weighted by atomic mass is 35.5. The Morgan fingerprint density at radius 3 is 2.29 bits per heavy atom. The molecule has 0 bridgehead atoms. The van der Waals surface area contributed by atoms with Gasteiger partial charge in [0.1, 0.15) is 6.61 Å². The molecule has 1 aliphatic rings. The number of halogens is 2. The molecule has 1 aromatic heterocycles. The third kappa shape index (κ3) is 4.26. The number of ether oxygens (including phenoxy) is 1. The minimum absolute atomic E-state index is 0.0537. The topological polar surface area (TPSA) is 51.1 Å². The van der Waals surface area contributed by atoms with E-state index in [-0.39, 0.29) is 16.6 Å². The fourth-order valence-corrected chi connectivity index (χ4v) is 2.17. The number of piperidine rings is 1. The summed E-state index contributed by atoms with van der Waals surface area (Å²) in [6.45, 7) is 3.70. The molecule has 94 valence electrons. The van der Waals surface area contributed by atoms with E-state index in [2.05, 4.69) is 19.9 Å². The Morgan fingerprint density at radius 1 is 1.00 bits per heavy atom. The quantitative estimate of drug-likeness (QED) is 0.843. The van der Waals surface area contributed by atoms with Crippen molar-refractivity contribution in [2.24, 2.45) is 0 Å². The number of rotatable bonds is 4. The summed E-state index contributed by atoms with van der Waals surface area (Å²) in [5, 5.41) is 0.107. The smallest absolute Gasteiger partial charge is 0.322 e. The lowest BCUT2D eigenvalue weighted by Crippen LogP contribution is -2.33. The highest BCUT2D eigenvalue weighted by molar-refractivity contribution is 6.31. The summed E-state index contributed by atoms with van der Waals surface area (Å²) < 4.78 is 5.40. The Balaban J connectivity index is 1.77. The Kier molecular flexibility index (Phi) is 4.76. The first-order chi connectivity index (χ1) is 8.24. The van der Waals surface area contributed by atoms with Gasteiger partial charge in [0.25, 0.3) is 0 Å². The summed E-state index contributed by atoms with van der Waals surface area (Å²) in [6.07, 6.45) is 3.86. The summed E-state index contributed by atoms with van der Waals surface area (Å²) in [5.74, 6) is 0. The molecular formula is C10H14Cl2N4O. The van der Waals surface area contributed by atoms with Crippen LogP contribution < -0.4 is 4.74 Å². The van der Waals surface area contributed by atoms with Gasteiger partial charge in [-0.2, -0.15) is 15.0 Å². The summed E-state index contributed by atoms with van der Waals surface area (Å²) >= 11 is 11.3. The van der Waals surface area contributed by atoms with Gasteiger partial charge in [-0.15, -0.1) is 0 Å². The number of hydrogen-bond donors (Lipinski definition) is 0. The second kappa shape index (κ2) is 6.33. The minimum Gasteiger partial charge on any atom is -0.462 e. The second-order valence-electron chi connectivity index (χ2n) is 3.91. The maximum absolute atomic E-state index is 5.64. The molecule has 0 N–H and O–H groups in total. The second-order valence-corrected chi connectivity index (χ2v) is 4.58. The number of aromatic nitrogens is 3. The van der Waals surface area contributed by atoms with Crippen molar-refractivity contribution in [3.63, 3.8) is 0 Å². The van der Waals surface area contributed by atoms with Crippen LogP contribution in [0.4, 0.5) is 0 Å². The van der Waals surface area contributed by atoms with E-state index in [0.717, 1.165) is 19.6 Å². The molecule has 5 nitrogen and oxygen atoms in total. The van der Waals surface area contributed by atoms with Crippen LogP contribution in [0, 0.1) is 0 Å². The van der Waals surface area contributed by atoms with E-state index in [1.807, 2.05) is 0 Å². The molecule has 0 aromatic carbocycles. The third-order valence-corrected chi connectivity index (χ3v) is 2.99. The summed E-state index contributed by atoms with van der Waals surface area (Å²) in [6, 6.07) is 0.187. The van der Waals surface area contributed by atoms with Gasteiger partial charge < -0.3 is 4.74 Å². The van der Waals surface area contributed by atoms with E-state index in [9.17, 15) is 0 Å². The molecule has 17 heavy (non-hydrogen) atoms. The van der Waals surface area contributed by atoms with Crippen molar-refractivity contribution in [1.29, 1.82) is 0 Å². The van der Waals surface area contributed by atoms with Crippen molar-refractivity contribution in [3.8, 4) is 6.01 Å². The number of likely N-dealkylation sites (tertiary alicyclic amines) is 1. The van der Waals surface area contributed by atoms with Crippen molar-refractivity contribution < 1.29 is 4.74 Å². The average Bonchev–Trinajstić information content (AvgIpc) is 2.29. The molecule has 0 unspecified atom stereocenters. The van der Waals surface area contributed by atoms with Crippen LogP contribution in [0.15, 0.2) is 0 Å². The number of nitrogens with zero attached hydrogens (tertiary/aromatic N) is 4. The highest BCUT2D eigenvalue weighted by Crippen LogP contribution is 2.12. The van der Waals surface area contributed by atoms with Gasteiger partial charge in [0, 0.05) is 6.54 Å². The fourth-order valence-electron chi connectivity index (χ4n) is 1.82. The highest BCUT2D eigenvalue weighted by Gasteiger charge is 2.10. The lowest BCUT2D eigenvalue weighted by Gasteiger charge is -2.25. The van der Waals surface area contributed by atoms with Gasteiger partial charge in [-0.05, 0) is 49.1 Å². The molecule has 2 heterocycles. The van der Waals surface area contributed by atoms with E-state index < -0.39 is 0 Å². The maximum atomic E-state index is 5.64. The third-order valence-electron chi connectivity index (χ3n) is 2.65. The van der Waals surface area contributed by atoms with Crippen molar-refractivity contribution in [2.45, 2.75) is 19.3 Å². The Hall–Kier alpha value is -0.650. The largest absolute Gasteiger partial charge is 0.462 e. The molecule has 1 fully saturated rings. The predicted octanol–water partition coefficient (Wildman–Crippen LogP) is 2.04. The van der Waals surface area contributed by atoms with Crippen LogP contribution in [0.2, 0.25) is 10.6 Å². The Morgan fingerprint density at radius 2 is 1.65 bits per heavy atom. The standard InChI is InChI=1S/C10H14Cl2N4O/c11-8-13-9(12)15-10(14-8)17-7-6-16-4-2-1-3-5-16/h1-7H2. The minimum atomic E-state index is 0.0537. The molecule has 1 saturated heterocycles. The Bertz CT molecular complexity index is 351. The van der Waals surface area contributed by atoms with E-state index in [4.69, 9.17) is 27.9 Å². The first-order valence-corrected chi connectivity index (χ1v) is 6.42. The molecule has 0 amide bonds. The van der Waals surface area contributed by atoms with Crippen LogP contribution >= 0.6 is 23.2 Å². The van der Waals surface area contributed by atoms with Gasteiger partial charge in [-0.3, -0.25) is 4.90 Å². The molecule has 0 aliphatic carbocycles. The lowest BCUT2D eigenvalue weighted by molar-refractivity contribution is 0.177. The van der Waals surface area contributed by atoms with Gasteiger partial charge in [0.15, 0.2) is 0 Å². The van der Waals surface area contributed by atoms with Gasteiger partial charge in [-0.25, -0.2) is 0 Å². The SMILES string of the molecule is Clc1nc(Cl)nc(OCCN2CCCCC2)n1. The monoisotopic (exact) mass is 276 g/mol. The summed E-state index contributed by atoms with van der Waals surface area (Å²) in [4.78, 5) is 13.7. The van der Waals surface area contributed by atoms with Crippen molar-refractivity contribution >= 4 is 23.2 Å². The molecule has 0 spiro atoms. The van der Waals surface area contributed by atoms with Crippen molar-refractivity contribution in [1.82, 2.24) is 19.9 Å². The van der Waals surface area contributed by atoms with Gasteiger partial charge in [-0.1, -0.05) is 6.42 Å². The maximum Gasteiger partial charge on any atom is 0.322 e. The molecule has 7 heteroatoms.